The second-order valence-corrected chi connectivity index (χ2v) is 5.40. The van der Waals surface area contributed by atoms with Gasteiger partial charge in [-0.3, -0.25) is 4.79 Å². The van der Waals surface area contributed by atoms with E-state index in [0.29, 0.717) is 17.3 Å². The lowest BCUT2D eigenvalue weighted by atomic mass is 10.0. The molecule has 1 N–H and O–H groups in total. The molecule has 112 valence electrons. The van der Waals surface area contributed by atoms with Crippen LogP contribution in [0.15, 0.2) is 18.3 Å². The first-order chi connectivity index (χ1) is 10.1. The van der Waals surface area contributed by atoms with Gasteiger partial charge in [-0.05, 0) is 39.1 Å². The average molecular weight is 287 g/mol. The Hall–Kier alpha value is -1.90. The molecule has 1 saturated heterocycles. The zero-order valence-corrected chi connectivity index (χ0v) is 12.5. The predicted molar refractivity (Wildman–Crippen MR) is 80.8 cm³/mol. The van der Waals surface area contributed by atoms with Crippen LogP contribution in [-0.2, 0) is 0 Å². The van der Waals surface area contributed by atoms with Crippen molar-refractivity contribution in [3.63, 3.8) is 0 Å². The van der Waals surface area contributed by atoms with Crippen LogP contribution >= 0.6 is 0 Å². The van der Waals surface area contributed by atoms with Crippen LogP contribution in [0.3, 0.4) is 0 Å². The molecule has 0 saturated carbocycles. The van der Waals surface area contributed by atoms with Gasteiger partial charge in [0, 0.05) is 30.9 Å². The molecule has 1 fully saturated rings. The smallest absolute Gasteiger partial charge is 0.272 e. The first-order valence-electron chi connectivity index (χ1n) is 7.13. The lowest BCUT2D eigenvalue weighted by Crippen LogP contribution is -2.47. The third kappa shape index (κ3) is 4.03. The zero-order chi connectivity index (χ0) is 15.2. The fourth-order valence-electron chi connectivity index (χ4n) is 2.46. The number of carbonyl (C=O) groups is 1. The molecule has 1 aromatic rings. The van der Waals surface area contributed by atoms with Crippen molar-refractivity contribution in [2.45, 2.75) is 18.9 Å². The molecule has 5 heteroatoms. The highest BCUT2D eigenvalue weighted by atomic mass is 16.2. The maximum absolute atomic E-state index is 12.5. The van der Waals surface area contributed by atoms with E-state index >= 15 is 0 Å². The van der Waals surface area contributed by atoms with E-state index in [1.54, 1.807) is 18.3 Å². The van der Waals surface area contributed by atoms with Crippen molar-refractivity contribution in [2.75, 3.05) is 33.8 Å². The van der Waals surface area contributed by atoms with Crippen molar-refractivity contribution in [1.82, 2.24) is 14.8 Å². The molecule has 1 atom stereocenters. The van der Waals surface area contributed by atoms with Crippen molar-refractivity contribution < 1.29 is 9.90 Å². The Balaban J connectivity index is 2.05. The van der Waals surface area contributed by atoms with E-state index in [0.717, 1.165) is 25.9 Å². The summed E-state index contributed by atoms with van der Waals surface area (Å²) in [5.74, 6) is 5.30. The van der Waals surface area contributed by atoms with Gasteiger partial charge in [-0.1, -0.05) is 11.8 Å². The molecule has 0 aromatic carbocycles. The van der Waals surface area contributed by atoms with Crippen LogP contribution in [0.2, 0.25) is 0 Å². The van der Waals surface area contributed by atoms with Crippen molar-refractivity contribution >= 4 is 5.91 Å². The van der Waals surface area contributed by atoms with Gasteiger partial charge in [0.05, 0.1) is 0 Å². The number of likely N-dealkylation sites (N-methyl/N-ethyl adjacent to an activating group) is 1. The van der Waals surface area contributed by atoms with Crippen LogP contribution in [0.4, 0.5) is 0 Å². The van der Waals surface area contributed by atoms with Gasteiger partial charge in [0.1, 0.15) is 12.3 Å². The molecule has 0 aliphatic carbocycles. The number of aliphatic hydroxyl groups excluding tert-OH is 1. The first-order valence-corrected chi connectivity index (χ1v) is 7.13. The Labute approximate surface area is 125 Å². The lowest BCUT2D eigenvalue weighted by molar-refractivity contribution is 0.0629. The summed E-state index contributed by atoms with van der Waals surface area (Å²) in [5, 5.41) is 8.65. The van der Waals surface area contributed by atoms with Gasteiger partial charge in [0.2, 0.25) is 0 Å². The monoisotopic (exact) mass is 287 g/mol. The maximum atomic E-state index is 12.5. The van der Waals surface area contributed by atoms with Gasteiger partial charge in [0.15, 0.2) is 0 Å². The summed E-state index contributed by atoms with van der Waals surface area (Å²) in [5.41, 5.74) is 1.15. The average Bonchev–Trinajstić information content (AvgIpc) is 2.53. The Morgan fingerprint density at radius 1 is 1.52 bits per heavy atom. The number of nitrogens with zero attached hydrogens (tertiary/aromatic N) is 3. The van der Waals surface area contributed by atoms with Gasteiger partial charge in [-0.2, -0.15) is 0 Å². The van der Waals surface area contributed by atoms with Crippen molar-refractivity contribution in [1.29, 1.82) is 0 Å². The number of pyridine rings is 1. The van der Waals surface area contributed by atoms with Crippen LogP contribution in [0.5, 0.6) is 0 Å². The third-order valence-electron chi connectivity index (χ3n) is 3.71. The zero-order valence-electron chi connectivity index (χ0n) is 12.5. The summed E-state index contributed by atoms with van der Waals surface area (Å²) in [6.07, 6.45) is 3.72. The maximum Gasteiger partial charge on any atom is 0.272 e. The molecule has 1 unspecified atom stereocenters. The minimum atomic E-state index is -0.180. The standard InChI is InChI=1S/C16H21N3O2/c1-18(2)14-6-3-9-19(12-14)16(21)15-8-7-13(11-17-15)5-4-10-20/h7-8,11,14,20H,3,6,9-10,12H2,1-2H3. The molecular weight excluding hydrogens is 266 g/mol. The molecule has 0 radical (unpaired) electrons. The number of carbonyl (C=O) groups excluding carboxylic acids is 1. The van der Waals surface area contributed by atoms with Crippen LogP contribution in [0.25, 0.3) is 0 Å². The quantitative estimate of drug-likeness (QED) is 0.809. The summed E-state index contributed by atoms with van der Waals surface area (Å²) in [4.78, 5) is 20.7. The molecule has 1 aliphatic heterocycles. The molecule has 1 amide bonds. The van der Waals surface area contributed by atoms with Gasteiger partial charge in [0.25, 0.3) is 5.91 Å². The second kappa shape index (κ2) is 7.21. The number of aromatic nitrogens is 1. The van der Waals surface area contributed by atoms with Gasteiger partial charge < -0.3 is 14.9 Å². The van der Waals surface area contributed by atoms with E-state index in [4.69, 9.17) is 5.11 Å². The SMILES string of the molecule is CN(C)C1CCCN(C(=O)c2ccc(C#CCO)cn2)C1. The Kier molecular flexibility index (Phi) is 5.32. The number of hydrogen-bond donors (Lipinski definition) is 1. The van der Waals surface area contributed by atoms with Gasteiger partial charge in [-0.15, -0.1) is 0 Å². The molecule has 1 aromatic heterocycles. The van der Waals surface area contributed by atoms with Crippen molar-refractivity contribution in [3.05, 3.63) is 29.6 Å². The van der Waals surface area contributed by atoms with Gasteiger partial charge in [-0.25, -0.2) is 4.98 Å². The van der Waals surface area contributed by atoms with Crippen molar-refractivity contribution in [2.24, 2.45) is 0 Å². The number of amides is 1. The second-order valence-electron chi connectivity index (χ2n) is 5.40. The summed E-state index contributed by atoms with van der Waals surface area (Å²) in [6.45, 7) is 1.36. The third-order valence-corrected chi connectivity index (χ3v) is 3.71. The van der Waals surface area contributed by atoms with Crippen LogP contribution in [0, 0.1) is 11.8 Å². The summed E-state index contributed by atoms with van der Waals surface area (Å²) in [6, 6.07) is 3.87. The molecule has 21 heavy (non-hydrogen) atoms. The molecular formula is C16H21N3O2. The minimum Gasteiger partial charge on any atom is -0.384 e. The Bertz CT molecular complexity index is 543. The molecule has 0 bridgehead atoms. The number of piperidine rings is 1. The van der Waals surface area contributed by atoms with E-state index in [-0.39, 0.29) is 12.5 Å². The normalized spacial score (nSPS) is 18.3. The van der Waals surface area contributed by atoms with Gasteiger partial charge >= 0.3 is 0 Å². The summed E-state index contributed by atoms with van der Waals surface area (Å²) < 4.78 is 0. The van der Waals surface area contributed by atoms with E-state index in [9.17, 15) is 4.79 Å². The molecule has 2 heterocycles. The lowest BCUT2D eigenvalue weighted by Gasteiger charge is -2.35. The number of rotatable bonds is 2. The fourth-order valence-corrected chi connectivity index (χ4v) is 2.46. The number of aliphatic hydroxyl groups is 1. The predicted octanol–water partition coefficient (Wildman–Crippen LogP) is 0.592. The Morgan fingerprint density at radius 2 is 2.33 bits per heavy atom. The number of hydrogen-bond acceptors (Lipinski definition) is 4. The highest BCUT2D eigenvalue weighted by Crippen LogP contribution is 2.15. The summed E-state index contributed by atoms with van der Waals surface area (Å²) >= 11 is 0. The van der Waals surface area contributed by atoms with E-state index in [2.05, 4.69) is 21.7 Å². The molecule has 2 rings (SSSR count). The largest absolute Gasteiger partial charge is 0.384 e. The van der Waals surface area contributed by atoms with Crippen LogP contribution in [0.1, 0.15) is 28.9 Å². The molecule has 1 aliphatic rings. The van der Waals surface area contributed by atoms with Crippen LogP contribution in [-0.4, -0.2) is 65.6 Å². The molecule has 5 nitrogen and oxygen atoms in total. The van der Waals surface area contributed by atoms with Crippen LogP contribution < -0.4 is 0 Å². The van der Waals surface area contributed by atoms with E-state index in [1.807, 2.05) is 19.0 Å². The highest BCUT2D eigenvalue weighted by molar-refractivity contribution is 5.92. The van der Waals surface area contributed by atoms with Crippen molar-refractivity contribution in [3.8, 4) is 11.8 Å². The summed E-state index contributed by atoms with van der Waals surface area (Å²) in [7, 11) is 4.09. The topological polar surface area (TPSA) is 56.7 Å². The fraction of sp³-hybridized carbons (Fsp3) is 0.500. The first kappa shape index (κ1) is 15.5. The van der Waals surface area contributed by atoms with E-state index in [1.165, 1.54) is 0 Å². The Morgan fingerprint density at radius 3 is 2.95 bits per heavy atom. The number of likely N-dealkylation sites (tertiary alicyclic amines) is 1. The van der Waals surface area contributed by atoms with E-state index < -0.39 is 0 Å². The minimum absolute atomic E-state index is 0.0248. The molecule has 0 spiro atoms. The highest BCUT2D eigenvalue weighted by Gasteiger charge is 2.26.